The van der Waals surface area contributed by atoms with E-state index in [4.69, 9.17) is 16.3 Å². The van der Waals surface area contributed by atoms with Gasteiger partial charge in [0.15, 0.2) is 5.69 Å². The van der Waals surface area contributed by atoms with E-state index in [1.165, 1.54) is 17.4 Å². The number of hydrogen-bond donors (Lipinski definition) is 1. The Kier molecular flexibility index (Phi) is 7.93. The van der Waals surface area contributed by atoms with Crippen LogP contribution in [0.25, 0.3) is 15.3 Å². The molecule has 0 spiro atoms. The number of nitrogens with one attached hydrogen (secondary N) is 1. The van der Waals surface area contributed by atoms with Gasteiger partial charge >= 0.3 is 0 Å². The van der Waals surface area contributed by atoms with Crippen molar-refractivity contribution in [1.29, 1.82) is 0 Å². The van der Waals surface area contributed by atoms with Crippen LogP contribution in [0.3, 0.4) is 0 Å². The van der Waals surface area contributed by atoms with Crippen molar-refractivity contribution in [3.05, 3.63) is 99.6 Å². The number of pyridine rings is 1. The third-order valence-electron chi connectivity index (χ3n) is 7.97. The van der Waals surface area contributed by atoms with Crippen LogP contribution in [0.4, 0.5) is 27.3 Å². The van der Waals surface area contributed by atoms with Gasteiger partial charge in [-0.25, -0.2) is 14.2 Å². The van der Waals surface area contributed by atoms with Crippen molar-refractivity contribution >= 4 is 46.0 Å². The Morgan fingerprint density at radius 2 is 2.00 bits per heavy atom. The number of halogens is 1. The number of carbonyl (C=O) groups is 2. The van der Waals surface area contributed by atoms with Gasteiger partial charge in [-0.1, -0.05) is 30.3 Å². The van der Waals surface area contributed by atoms with E-state index < -0.39 is 11.7 Å². The van der Waals surface area contributed by atoms with Crippen LogP contribution >= 0.6 is 11.3 Å². The van der Waals surface area contributed by atoms with Crippen LogP contribution < -0.4 is 15.1 Å². The first-order chi connectivity index (χ1) is 20.9. The zero-order valence-electron chi connectivity index (χ0n) is 23.9. The normalized spacial score (nSPS) is 15.8. The number of aromatic nitrogens is 1. The molecular weight excluding hydrogens is 565 g/mol. The largest absolute Gasteiger partial charge is 0.383 e. The molecule has 2 amide bonds. The minimum atomic E-state index is -0.491. The number of carbonyl (C=O) groups excluding carboxylic acids is 2. The summed E-state index contributed by atoms with van der Waals surface area (Å²) in [7, 11) is 1.69. The lowest BCUT2D eigenvalue weighted by atomic mass is 10.1. The van der Waals surface area contributed by atoms with E-state index in [1.807, 2.05) is 24.3 Å². The number of para-hydroxylation sites is 1. The molecule has 1 N–H and O–H groups in total. The third kappa shape index (κ3) is 5.49. The number of amides is 2. The maximum absolute atomic E-state index is 14.4. The molecule has 2 aliphatic rings. The monoisotopic (exact) mass is 595 g/mol. The van der Waals surface area contributed by atoms with Crippen molar-refractivity contribution in [2.24, 2.45) is 0 Å². The van der Waals surface area contributed by atoms with E-state index in [9.17, 15) is 14.0 Å². The lowest BCUT2D eigenvalue weighted by Crippen LogP contribution is -2.35. The van der Waals surface area contributed by atoms with Gasteiger partial charge in [-0.15, -0.1) is 11.3 Å². The molecule has 6 rings (SSSR count). The second-order valence-corrected chi connectivity index (χ2v) is 11.7. The van der Waals surface area contributed by atoms with Gasteiger partial charge in [-0.05, 0) is 67.6 Å². The predicted octanol–water partition coefficient (Wildman–Crippen LogP) is 6.88. The summed E-state index contributed by atoms with van der Waals surface area (Å²) < 4.78 is 19.8. The standard InChI is InChI=1S/C33H30FN5O3S/c1-20-7-4-9-25(34)30(20)37-32(40)28-17-21-14-16-39(27-18-22(35-2)12-13-24(27)31(21)43-28)33(41)26-10-5-11-29(36-26)38-15-6-8-23(38)19-42-3/h4-5,7,9-13,17-18,23H,6,8,14-16,19H2,1,3H3,(H,37,40)/t23-/m1/s1. The fourth-order valence-electron chi connectivity index (χ4n) is 5.83. The molecule has 0 unspecified atom stereocenters. The Morgan fingerprint density at radius 1 is 1.16 bits per heavy atom. The van der Waals surface area contributed by atoms with Crippen molar-refractivity contribution in [2.75, 3.05) is 41.9 Å². The smallest absolute Gasteiger partial charge is 0.276 e. The number of anilines is 3. The van der Waals surface area contributed by atoms with Gasteiger partial charge in [0.2, 0.25) is 0 Å². The number of fused-ring (bicyclic) bond motifs is 3. The van der Waals surface area contributed by atoms with Crippen LogP contribution in [0, 0.1) is 19.3 Å². The molecule has 2 aliphatic heterocycles. The first-order valence-electron chi connectivity index (χ1n) is 14.1. The van der Waals surface area contributed by atoms with Crippen molar-refractivity contribution in [3.63, 3.8) is 0 Å². The fourth-order valence-corrected chi connectivity index (χ4v) is 6.97. The summed E-state index contributed by atoms with van der Waals surface area (Å²) in [5.74, 6) is -0.395. The summed E-state index contributed by atoms with van der Waals surface area (Å²) >= 11 is 1.29. The summed E-state index contributed by atoms with van der Waals surface area (Å²) in [5, 5.41) is 2.72. The Labute approximate surface area is 253 Å². The Hall–Kier alpha value is -4.59. The fraction of sp³-hybridized carbons (Fsp3) is 0.273. The van der Waals surface area contributed by atoms with E-state index in [0.717, 1.165) is 41.2 Å². The molecule has 1 fully saturated rings. The van der Waals surface area contributed by atoms with Gasteiger partial charge in [-0.3, -0.25) is 9.59 Å². The van der Waals surface area contributed by atoms with Gasteiger partial charge in [0.1, 0.15) is 17.3 Å². The maximum atomic E-state index is 14.4. The maximum Gasteiger partial charge on any atom is 0.276 e. The van der Waals surface area contributed by atoms with E-state index in [0.29, 0.717) is 47.1 Å². The van der Waals surface area contributed by atoms with Crippen LogP contribution in [0.5, 0.6) is 0 Å². The average molecular weight is 596 g/mol. The molecule has 8 nitrogen and oxygen atoms in total. The molecule has 0 saturated carbocycles. The lowest BCUT2D eigenvalue weighted by Gasteiger charge is -2.26. The molecule has 0 bridgehead atoms. The van der Waals surface area contributed by atoms with Crippen LogP contribution in [0.2, 0.25) is 0 Å². The van der Waals surface area contributed by atoms with Crippen LogP contribution in [-0.2, 0) is 11.2 Å². The predicted molar refractivity (Wildman–Crippen MR) is 167 cm³/mol. The minimum absolute atomic E-state index is 0.159. The number of methoxy groups -OCH3 is 1. The minimum Gasteiger partial charge on any atom is -0.383 e. The summed E-state index contributed by atoms with van der Waals surface area (Å²) in [5.41, 5.74) is 3.79. The van der Waals surface area contributed by atoms with Gasteiger partial charge < -0.3 is 19.9 Å². The van der Waals surface area contributed by atoms with Crippen LogP contribution in [0.1, 0.15) is 44.1 Å². The molecule has 43 heavy (non-hydrogen) atoms. The summed E-state index contributed by atoms with van der Waals surface area (Å²) in [6.07, 6.45) is 2.54. The number of aryl methyl sites for hydroxylation is 1. The lowest BCUT2D eigenvalue weighted by molar-refractivity contribution is 0.0981. The molecule has 218 valence electrons. The molecule has 4 heterocycles. The second kappa shape index (κ2) is 12.0. The van der Waals surface area contributed by atoms with E-state index in [2.05, 4.69) is 15.1 Å². The van der Waals surface area contributed by atoms with Crippen molar-refractivity contribution in [1.82, 2.24) is 4.98 Å². The van der Waals surface area contributed by atoms with E-state index in [-0.39, 0.29) is 17.6 Å². The Morgan fingerprint density at radius 3 is 2.79 bits per heavy atom. The molecule has 2 aromatic heterocycles. The molecule has 1 atom stereocenters. The van der Waals surface area contributed by atoms with Crippen molar-refractivity contribution in [2.45, 2.75) is 32.2 Å². The third-order valence-corrected chi connectivity index (χ3v) is 9.18. The molecule has 10 heteroatoms. The Bertz CT molecular complexity index is 1740. The van der Waals surface area contributed by atoms with E-state index >= 15 is 0 Å². The Balaban J connectivity index is 1.33. The summed E-state index contributed by atoms with van der Waals surface area (Å²) in [4.78, 5) is 40.8. The summed E-state index contributed by atoms with van der Waals surface area (Å²) in [6.45, 7) is 11.1. The SMILES string of the molecule is [C-]#[N+]c1ccc2c(c1)N(C(=O)c1cccc(N3CCC[C@@H]3COC)n1)CCc1cc(C(=O)Nc3c(C)cccc3F)sc1-2. The van der Waals surface area contributed by atoms with Crippen molar-refractivity contribution in [3.8, 4) is 10.4 Å². The van der Waals surface area contributed by atoms with E-state index in [1.54, 1.807) is 49.3 Å². The molecule has 4 aromatic rings. The second-order valence-electron chi connectivity index (χ2n) is 10.7. The van der Waals surface area contributed by atoms with Gasteiger partial charge in [-0.2, -0.15) is 0 Å². The highest BCUT2D eigenvalue weighted by Crippen LogP contribution is 2.43. The van der Waals surface area contributed by atoms with Crippen molar-refractivity contribution < 1.29 is 18.7 Å². The zero-order valence-corrected chi connectivity index (χ0v) is 24.7. The molecular formula is C33H30FN5O3S. The molecule has 2 aromatic carbocycles. The van der Waals surface area contributed by atoms with Crippen LogP contribution in [0.15, 0.2) is 60.7 Å². The number of benzene rings is 2. The number of ether oxygens (including phenoxy) is 1. The van der Waals surface area contributed by atoms with Gasteiger partial charge in [0.05, 0.1) is 29.8 Å². The zero-order chi connectivity index (χ0) is 30.1. The molecule has 0 radical (unpaired) electrons. The number of thiophene rings is 1. The quantitative estimate of drug-likeness (QED) is 0.246. The average Bonchev–Trinajstić information content (AvgIpc) is 3.63. The summed E-state index contributed by atoms with van der Waals surface area (Å²) in [6, 6.07) is 17.5. The highest BCUT2D eigenvalue weighted by atomic mass is 32.1. The number of hydrogen-bond acceptors (Lipinski definition) is 6. The first-order valence-corrected chi connectivity index (χ1v) is 14.9. The van der Waals surface area contributed by atoms with Crippen LogP contribution in [-0.4, -0.2) is 49.6 Å². The highest BCUT2D eigenvalue weighted by Gasteiger charge is 2.30. The molecule has 1 saturated heterocycles. The van der Waals surface area contributed by atoms with Gasteiger partial charge in [0, 0.05) is 36.3 Å². The molecule has 0 aliphatic carbocycles. The topological polar surface area (TPSA) is 79.1 Å². The number of rotatable bonds is 6. The van der Waals surface area contributed by atoms with Gasteiger partial charge in [0.25, 0.3) is 11.8 Å². The number of nitrogens with zero attached hydrogens (tertiary/aromatic N) is 4. The first kappa shape index (κ1) is 28.5. The highest BCUT2D eigenvalue weighted by molar-refractivity contribution is 7.17.